The molecule has 0 atom stereocenters. The number of fused-ring (bicyclic) bond motifs is 1. The number of amides is 1. The van der Waals surface area contributed by atoms with Crippen LogP contribution in [-0.4, -0.2) is 44.9 Å². The highest BCUT2D eigenvalue weighted by atomic mass is 19.1. The first-order valence-electron chi connectivity index (χ1n) is 10.7. The number of rotatable bonds is 4. The van der Waals surface area contributed by atoms with Crippen molar-refractivity contribution in [3.63, 3.8) is 0 Å². The number of carbonyl (C=O) groups excluding carboxylic acids is 1. The molecule has 2 fully saturated rings. The molecule has 1 aliphatic heterocycles. The number of aromatic nitrogens is 3. The largest absolute Gasteiger partial charge is 0.396 e. The van der Waals surface area contributed by atoms with Crippen LogP contribution in [0.5, 0.6) is 0 Å². The van der Waals surface area contributed by atoms with Crippen LogP contribution in [0, 0.1) is 11.7 Å². The molecule has 0 bridgehead atoms. The van der Waals surface area contributed by atoms with Crippen molar-refractivity contribution in [1.29, 1.82) is 0 Å². The molecule has 9 nitrogen and oxygen atoms in total. The Labute approximate surface area is 184 Å². The van der Waals surface area contributed by atoms with Crippen molar-refractivity contribution in [2.75, 3.05) is 29.6 Å². The molecule has 2 aliphatic rings. The van der Waals surface area contributed by atoms with Crippen LogP contribution in [0.15, 0.2) is 30.6 Å². The van der Waals surface area contributed by atoms with E-state index in [2.05, 4.69) is 9.97 Å². The van der Waals surface area contributed by atoms with E-state index < -0.39 is 5.82 Å². The van der Waals surface area contributed by atoms with Crippen molar-refractivity contribution in [3.05, 3.63) is 36.4 Å². The van der Waals surface area contributed by atoms with Crippen molar-refractivity contribution >= 4 is 34.1 Å². The van der Waals surface area contributed by atoms with E-state index in [0.29, 0.717) is 46.8 Å². The molecule has 3 aromatic heterocycles. The molecule has 6 N–H and O–H groups in total. The third kappa shape index (κ3) is 3.66. The van der Waals surface area contributed by atoms with Crippen molar-refractivity contribution in [2.45, 2.75) is 31.7 Å². The fourth-order valence-corrected chi connectivity index (χ4v) is 4.22. The second-order valence-corrected chi connectivity index (χ2v) is 8.46. The van der Waals surface area contributed by atoms with E-state index in [1.54, 1.807) is 23.3 Å². The van der Waals surface area contributed by atoms with E-state index in [4.69, 9.17) is 22.3 Å². The molecule has 5 rings (SSSR count). The van der Waals surface area contributed by atoms with Crippen LogP contribution in [0.4, 0.5) is 21.6 Å². The van der Waals surface area contributed by atoms with Crippen molar-refractivity contribution in [1.82, 2.24) is 19.9 Å². The van der Waals surface area contributed by atoms with Crippen molar-refractivity contribution < 1.29 is 9.18 Å². The second kappa shape index (κ2) is 7.86. The molecular weight excluding hydrogens is 411 g/mol. The summed E-state index contributed by atoms with van der Waals surface area (Å²) in [5, 5.41) is 1.65. The van der Waals surface area contributed by atoms with Gasteiger partial charge in [-0.3, -0.25) is 9.78 Å². The predicted octanol–water partition coefficient (Wildman–Crippen LogP) is 2.08. The molecule has 32 heavy (non-hydrogen) atoms. The molecule has 1 saturated heterocycles. The van der Waals surface area contributed by atoms with Gasteiger partial charge in [-0.1, -0.05) is 0 Å². The van der Waals surface area contributed by atoms with Gasteiger partial charge in [0.25, 0.3) is 0 Å². The average molecular weight is 436 g/mol. The zero-order valence-electron chi connectivity index (χ0n) is 17.5. The summed E-state index contributed by atoms with van der Waals surface area (Å²) in [6, 6.07) is 4.83. The monoisotopic (exact) mass is 436 g/mol. The Morgan fingerprint density at radius 1 is 1.09 bits per heavy atom. The lowest BCUT2D eigenvalue weighted by Gasteiger charge is -2.37. The second-order valence-electron chi connectivity index (χ2n) is 8.46. The molecule has 1 amide bonds. The number of likely N-dealkylation sites (tertiary alicyclic amines) is 1. The Bertz CT molecular complexity index is 1190. The SMILES string of the molecule is Nc1cnc2ccc(-c3cnc(N)c(F)c3)nc2c1N(N)C1CCN(C(=O)C2CC2)CC1. The number of hydrogen-bond acceptors (Lipinski definition) is 8. The minimum Gasteiger partial charge on any atom is -0.396 e. The third-order valence-electron chi connectivity index (χ3n) is 6.23. The lowest BCUT2D eigenvalue weighted by atomic mass is 10.0. The quantitative estimate of drug-likeness (QED) is 0.417. The van der Waals surface area contributed by atoms with Crippen LogP contribution >= 0.6 is 0 Å². The number of nitrogen functional groups attached to an aromatic ring is 2. The maximum Gasteiger partial charge on any atom is 0.225 e. The summed E-state index contributed by atoms with van der Waals surface area (Å²) < 4.78 is 13.9. The summed E-state index contributed by atoms with van der Waals surface area (Å²) >= 11 is 0. The fraction of sp³-hybridized carbons (Fsp3) is 0.364. The number of carbonyl (C=O) groups is 1. The Balaban J connectivity index is 1.45. The van der Waals surface area contributed by atoms with Gasteiger partial charge in [0.1, 0.15) is 11.2 Å². The Hall–Kier alpha value is -3.53. The number of nitrogens with two attached hydrogens (primary N) is 3. The first kappa shape index (κ1) is 20.4. The molecule has 10 heteroatoms. The third-order valence-corrected chi connectivity index (χ3v) is 6.23. The molecule has 4 heterocycles. The number of anilines is 3. The number of nitrogens with zero attached hydrogens (tertiary/aromatic N) is 5. The topological polar surface area (TPSA) is 140 Å². The summed E-state index contributed by atoms with van der Waals surface area (Å²) in [7, 11) is 0. The van der Waals surface area contributed by atoms with E-state index in [-0.39, 0.29) is 23.7 Å². The minimum absolute atomic E-state index is 0.00671. The first-order valence-corrected chi connectivity index (χ1v) is 10.7. The van der Waals surface area contributed by atoms with E-state index in [1.807, 2.05) is 4.90 Å². The summed E-state index contributed by atoms with van der Waals surface area (Å²) in [6.45, 7) is 1.34. The Morgan fingerprint density at radius 3 is 2.53 bits per heavy atom. The zero-order chi connectivity index (χ0) is 22.4. The van der Waals surface area contributed by atoms with Gasteiger partial charge in [-0.25, -0.2) is 20.2 Å². The van der Waals surface area contributed by atoms with E-state index in [1.165, 1.54) is 12.3 Å². The van der Waals surface area contributed by atoms with Gasteiger partial charge in [0, 0.05) is 36.8 Å². The van der Waals surface area contributed by atoms with Crippen LogP contribution in [0.25, 0.3) is 22.3 Å². The van der Waals surface area contributed by atoms with Crippen LogP contribution in [0.1, 0.15) is 25.7 Å². The van der Waals surface area contributed by atoms with E-state index >= 15 is 0 Å². The molecule has 0 aromatic carbocycles. The Kier molecular flexibility index (Phi) is 5.01. The summed E-state index contributed by atoms with van der Waals surface area (Å²) in [4.78, 5) is 27.2. The van der Waals surface area contributed by atoms with Gasteiger partial charge in [-0.15, -0.1) is 0 Å². The highest BCUT2D eigenvalue weighted by Crippen LogP contribution is 2.35. The van der Waals surface area contributed by atoms with Crippen LogP contribution in [-0.2, 0) is 4.79 Å². The molecule has 0 spiro atoms. The number of piperidine rings is 1. The summed E-state index contributed by atoms with van der Waals surface area (Å²) in [5.74, 6) is 6.26. The van der Waals surface area contributed by atoms with Gasteiger partial charge in [-0.05, 0) is 43.9 Å². The van der Waals surface area contributed by atoms with Crippen LogP contribution < -0.4 is 22.3 Å². The van der Waals surface area contributed by atoms with Crippen LogP contribution in [0.2, 0.25) is 0 Å². The number of hydrazine groups is 1. The highest BCUT2D eigenvalue weighted by Gasteiger charge is 2.36. The number of hydrogen-bond donors (Lipinski definition) is 3. The normalized spacial score (nSPS) is 17.0. The molecule has 1 aliphatic carbocycles. The fourth-order valence-electron chi connectivity index (χ4n) is 4.22. The highest BCUT2D eigenvalue weighted by molar-refractivity contribution is 5.95. The first-order chi connectivity index (χ1) is 15.4. The Morgan fingerprint density at radius 2 is 1.84 bits per heavy atom. The standard InChI is InChI=1S/C22H25FN8O/c23-15-9-13(10-28-21(15)25)17-3-4-18-19(29-17)20(16(24)11-27-18)31(26)14-5-7-30(8-6-14)22(32)12-1-2-12/h3-4,9-12,14H,1-2,5-8,24,26H2,(H2,25,28). The van der Waals surface area contributed by atoms with Crippen molar-refractivity contribution in [3.8, 4) is 11.3 Å². The summed E-state index contributed by atoms with van der Waals surface area (Å²) in [5.41, 5.74) is 14.9. The van der Waals surface area contributed by atoms with Gasteiger partial charge < -0.3 is 21.4 Å². The maximum absolute atomic E-state index is 13.9. The summed E-state index contributed by atoms with van der Waals surface area (Å²) in [6.07, 6.45) is 6.52. The zero-order valence-corrected chi connectivity index (χ0v) is 17.5. The predicted molar refractivity (Wildman–Crippen MR) is 121 cm³/mol. The smallest absolute Gasteiger partial charge is 0.225 e. The molecule has 0 radical (unpaired) electrons. The molecule has 166 valence electrons. The van der Waals surface area contributed by atoms with Gasteiger partial charge >= 0.3 is 0 Å². The van der Waals surface area contributed by atoms with Gasteiger partial charge in [0.15, 0.2) is 11.6 Å². The molecule has 1 saturated carbocycles. The maximum atomic E-state index is 13.9. The lowest BCUT2D eigenvalue weighted by Crippen LogP contribution is -2.50. The molecular formula is C22H25FN8O. The van der Waals surface area contributed by atoms with Crippen LogP contribution in [0.3, 0.4) is 0 Å². The van der Waals surface area contributed by atoms with E-state index in [0.717, 1.165) is 25.7 Å². The van der Waals surface area contributed by atoms with E-state index in [9.17, 15) is 9.18 Å². The number of halogens is 1. The van der Waals surface area contributed by atoms with Gasteiger partial charge in [-0.2, -0.15) is 0 Å². The van der Waals surface area contributed by atoms with Gasteiger partial charge in [0.2, 0.25) is 5.91 Å². The molecule has 3 aromatic rings. The van der Waals surface area contributed by atoms with Gasteiger partial charge in [0.05, 0.1) is 23.1 Å². The lowest BCUT2D eigenvalue weighted by molar-refractivity contribution is -0.133. The average Bonchev–Trinajstić information content (AvgIpc) is 3.65. The number of pyridine rings is 3. The minimum atomic E-state index is -0.608. The molecule has 0 unspecified atom stereocenters. The van der Waals surface area contributed by atoms with Crippen molar-refractivity contribution in [2.24, 2.45) is 11.8 Å².